The van der Waals surface area contributed by atoms with Crippen molar-refractivity contribution in [3.8, 4) is 5.75 Å². The van der Waals surface area contributed by atoms with Crippen molar-refractivity contribution in [3.05, 3.63) is 70.2 Å². The quantitative estimate of drug-likeness (QED) is 0.265. The number of ether oxygens (including phenoxy) is 2. The first kappa shape index (κ1) is 28.9. The number of esters is 1. The van der Waals surface area contributed by atoms with Crippen LogP contribution < -0.4 is 9.64 Å². The number of carbonyl (C=O) groups excluding carboxylic acids is 2. The molecule has 0 saturated carbocycles. The first-order chi connectivity index (χ1) is 19.6. The third-order valence-electron chi connectivity index (χ3n) is 7.44. The van der Waals surface area contributed by atoms with Gasteiger partial charge in [0.05, 0.1) is 43.0 Å². The maximum Gasteiger partial charge on any atom is 0.334 e. The topological polar surface area (TPSA) is 89.8 Å². The Bertz CT molecular complexity index is 1570. The molecule has 12 heteroatoms. The van der Waals surface area contributed by atoms with Crippen LogP contribution in [0.5, 0.6) is 5.75 Å². The SMILES string of the molecule is COC(=O)C1(Cc2cscn2)CN(c2nc3ccccc3n2SF)CCN1C(=O)c1ccc(C(C)(C)C)c(OC)c1. The summed E-state index contributed by atoms with van der Waals surface area (Å²) in [6.45, 7) is 6.74. The number of imidazole rings is 1. The Labute approximate surface area is 246 Å². The largest absolute Gasteiger partial charge is 0.496 e. The Morgan fingerprint density at radius 3 is 2.59 bits per heavy atom. The van der Waals surface area contributed by atoms with Crippen molar-refractivity contribution in [2.45, 2.75) is 38.1 Å². The van der Waals surface area contributed by atoms with Crippen LogP contribution in [-0.2, 0) is 21.4 Å². The summed E-state index contributed by atoms with van der Waals surface area (Å²) < 4.78 is 26.7. The number of methoxy groups -OCH3 is 2. The van der Waals surface area contributed by atoms with Crippen LogP contribution in [0, 0.1) is 0 Å². The van der Waals surface area contributed by atoms with Crippen LogP contribution in [-0.4, -0.2) is 70.1 Å². The van der Waals surface area contributed by atoms with Gasteiger partial charge in [0.2, 0.25) is 5.95 Å². The fourth-order valence-corrected chi connectivity index (χ4v) is 6.46. The number of hydrogen-bond donors (Lipinski definition) is 0. The van der Waals surface area contributed by atoms with E-state index in [0.29, 0.717) is 40.5 Å². The molecule has 0 aliphatic carbocycles. The first-order valence-corrected chi connectivity index (χ1v) is 14.7. The van der Waals surface area contributed by atoms with Crippen LogP contribution in [0.2, 0.25) is 0 Å². The standard InChI is InChI=1S/C29H32FN5O4S2/c1-28(2,3)21-11-10-19(14-24(21)38-4)25(36)34-13-12-33(27-32-22-8-6-7-9-23(22)35(27)41-30)17-29(34,26(37)39-5)15-20-16-40-18-31-20/h6-11,14,16,18H,12-13,15,17H2,1-5H3. The lowest BCUT2D eigenvalue weighted by molar-refractivity contribution is -0.154. The van der Waals surface area contributed by atoms with Crippen molar-refractivity contribution in [1.82, 2.24) is 18.8 Å². The number of hydrogen-bond acceptors (Lipinski definition) is 9. The molecule has 0 bridgehead atoms. The van der Waals surface area contributed by atoms with E-state index in [1.54, 1.807) is 35.7 Å². The average molecular weight is 598 g/mol. The van der Waals surface area contributed by atoms with E-state index < -0.39 is 11.5 Å². The Balaban J connectivity index is 1.60. The molecule has 1 aliphatic rings. The lowest BCUT2D eigenvalue weighted by Gasteiger charge is -2.48. The highest BCUT2D eigenvalue weighted by molar-refractivity contribution is 7.93. The minimum absolute atomic E-state index is 0.0318. The Morgan fingerprint density at radius 2 is 1.93 bits per heavy atom. The smallest absolute Gasteiger partial charge is 0.334 e. The van der Waals surface area contributed by atoms with E-state index in [1.807, 2.05) is 34.5 Å². The van der Waals surface area contributed by atoms with Crippen molar-refractivity contribution in [2.24, 2.45) is 0 Å². The second kappa shape index (κ2) is 11.3. The van der Waals surface area contributed by atoms with E-state index in [-0.39, 0.29) is 43.2 Å². The molecule has 9 nitrogen and oxygen atoms in total. The van der Waals surface area contributed by atoms with Crippen LogP contribution in [0.1, 0.15) is 42.4 Å². The first-order valence-electron chi connectivity index (χ1n) is 13.1. The lowest BCUT2D eigenvalue weighted by atomic mass is 9.85. The number of thiazole rings is 1. The van der Waals surface area contributed by atoms with Gasteiger partial charge in [-0.3, -0.25) is 4.79 Å². The molecule has 1 amide bonds. The fraction of sp³-hybridized carbons (Fsp3) is 0.379. The van der Waals surface area contributed by atoms with Crippen LogP contribution in [0.25, 0.3) is 11.0 Å². The number of rotatable bonds is 7. The van der Waals surface area contributed by atoms with Gasteiger partial charge in [-0.05, 0) is 35.2 Å². The van der Waals surface area contributed by atoms with E-state index in [4.69, 9.17) is 9.47 Å². The highest BCUT2D eigenvalue weighted by atomic mass is 32.2. The molecule has 1 aliphatic heterocycles. The second-order valence-corrected chi connectivity index (χ2v) is 12.2. The molecule has 2 aromatic heterocycles. The van der Waals surface area contributed by atoms with E-state index >= 15 is 0 Å². The second-order valence-electron chi connectivity index (χ2n) is 11.0. The zero-order valence-corrected chi connectivity index (χ0v) is 25.2. The number of nitrogens with zero attached hydrogens (tertiary/aromatic N) is 5. The maximum atomic E-state index is 14.3. The normalized spacial score (nSPS) is 17.6. The number of amides is 1. The predicted molar refractivity (Wildman–Crippen MR) is 159 cm³/mol. The summed E-state index contributed by atoms with van der Waals surface area (Å²) in [5.74, 6) is 0.0298. The van der Waals surface area contributed by atoms with Crippen molar-refractivity contribution >= 4 is 52.5 Å². The molecular formula is C29H32FN5O4S2. The molecule has 0 spiro atoms. The summed E-state index contributed by atoms with van der Waals surface area (Å²) in [5, 5.41) is 1.85. The maximum absolute atomic E-state index is 14.3. The summed E-state index contributed by atoms with van der Waals surface area (Å²) in [4.78, 5) is 40.5. The monoisotopic (exact) mass is 597 g/mol. The molecule has 1 atom stereocenters. The van der Waals surface area contributed by atoms with E-state index in [0.717, 1.165) is 5.56 Å². The number of benzene rings is 2. The zero-order chi connectivity index (χ0) is 29.4. The molecule has 0 N–H and O–H groups in total. The molecule has 1 unspecified atom stereocenters. The molecule has 4 aromatic rings. The number of aromatic nitrogens is 3. The van der Waals surface area contributed by atoms with Gasteiger partial charge in [0.15, 0.2) is 17.9 Å². The van der Waals surface area contributed by atoms with Gasteiger partial charge in [0, 0.05) is 30.5 Å². The van der Waals surface area contributed by atoms with Crippen molar-refractivity contribution < 1.29 is 22.9 Å². The van der Waals surface area contributed by atoms with Gasteiger partial charge in [0.1, 0.15) is 5.75 Å². The van der Waals surface area contributed by atoms with Crippen LogP contribution >= 0.6 is 23.7 Å². The van der Waals surface area contributed by atoms with Crippen LogP contribution in [0.3, 0.4) is 0 Å². The summed E-state index contributed by atoms with van der Waals surface area (Å²) in [5.41, 5.74) is 3.27. The molecular weight excluding hydrogens is 565 g/mol. The number of halogens is 1. The highest BCUT2D eigenvalue weighted by Gasteiger charge is 2.52. The van der Waals surface area contributed by atoms with Crippen molar-refractivity contribution in [2.75, 3.05) is 38.8 Å². The van der Waals surface area contributed by atoms with E-state index in [2.05, 4.69) is 30.7 Å². The van der Waals surface area contributed by atoms with Gasteiger partial charge in [-0.15, -0.1) is 15.2 Å². The number of anilines is 1. The van der Waals surface area contributed by atoms with E-state index in [9.17, 15) is 13.5 Å². The van der Waals surface area contributed by atoms with Crippen molar-refractivity contribution in [3.63, 3.8) is 0 Å². The summed E-state index contributed by atoms with van der Waals surface area (Å²) >= 11 is 1.45. The minimum Gasteiger partial charge on any atom is -0.496 e. The third-order valence-corrected chi connectivity index (χ3v) is 8.57. The zero-order valence-electron chi connectivity index (χ0n) is 23.6. The molecule has 1 saturated heterocycles. The van der Waals surface area contributed by atoms with Gasteiger partial charge >= 0.3 is 5.97 Å². The molecule has 0 radical (unpaired) electrons. The van der Waals surface area contributed by atoms with Gasteiger partial charge in [-0.2, -0.15) is 0 Å². The van der Waals surface area contributed by atoms with Gasteiger partial charge < -0.3 is 19.3 Å². The summed E-state index contributed by atoms with van der Waals surface area (Å²) in [7, 11) is 2.88. The Morgan fingerprint density at radius 1 is 1.15 bits per heavy atom. The Kier molecular flexibility index (Phi) is 7.97. The molecule has 41 heavy (non-hydrogen) atoms. The summed E-state index contributed by atoms with van der Waals surface area (Å²) in [6, 6.07) is 12.6. The third kappa shape index (κ3) is 5.26. The van der Waals surface area contributed by atoms with Gasteiger partial charge in [-0.25, -0.2) is 18.7 Å². The highest BCUT2D eigenvalue weighted by Crippen LogP contribution is 2.37. The van der Waals surface area contributed by atoms with Crippen LogP contribution in [0.15, 0.2) is 53.4 Å². The van der Waals surface area contributed by atoms with Crippen molar-refractivity contribution in [1.29, 1.82) is 0 Å². The summed E-state index contributed by atoms with van der Waals surface area (Å²) in [6.07, 6.45) is 0.117. The fourth-order valence-electron chi connectivity index (χ4n) is 5.45. The predicted octanol–water partition coefficient (Wildman–Crippen LogP) is 5.30. The molecule has 2 aromatic carbocycles. The number of carbonyl (C=O) groups is 2. The van der Waals surface area contributed by atoms with Gasteiger partial charge in [-0.1, -0.05) is 39.0 Å². The molecule has 3 heterocycles. The van der Waals surface area contributed by atoms with Gasteiger partial charge in [0.25, 0.3) is 5.91 Å². The molecule has 1 fully saturated rings. The molecule has 216 valence electrons. The minimum atomic E-state index is -1.46. The molecule has 5 rings (SSSR count). The Hall–Kier alpha value is -3.64. The van der Waals surface area contributed by atoms with E-state index in [1.165, 1.54) is 22.4 Å². The average Bonchev–Trinajstić information content (AvgIpc) is 3.62. The lowest BCUT2D eigenvalue weighted by Crippen LogP contribution is -2.69. The number of para-hydroxylation sites is 2. The number of piperazine rings is 1. The number of fused-ring (bicyclic) bond motifs is 1. The van der Waals surface area contributed by atoms with Crippen LogP contribution in [0.4, 0.5) is 9.83 Å².